The molecule has 4 rings (SSSR count). The Kier molecular flexibility index (Phi) is 3.23. The fourth-order valence-electron chi connectivity index (χ4n) is 2.82. The molecule has 0 unspecified atom stereocenters. The fraction of sp³-hybridized carbons (Fsp3) is 0.158. The highest BCUT2D eigenvalue weighted by Crippen LogP contribution is 2.27. The second-order valence-electron chi connectivity index (χ2n) is 5.66. The van der Waals surface area contributed by atoms with Gasteiger partial charge in [0.15, 0.2) is 0 Å². The van der Waals surface area contributed by atoms with E-state index < -0.39 is 0 Å². The van der Waals surface area contributed by atoms with Crippen LogP contribution in [0, 0.1) is 6.92 Å². The van der Waals surface area contributed by atoms with E-state index in [9.17, 15) is 0 Å². The van der Waals surface area contributed by atoms with E-state index in [1.807, 2.05) is 50.5 Å². The zero-order chi connectivity index (χ0) is 15.8. The molecule has 0 spiro atoms. The number of ether oxygens (including phenoxy) is 1. The van der Waals surface area contributed by atoms with Crippen molar-refractivity contribution in [2.75, 3.05) is 0 Å². The third-order valence-corrected chi connectivity index (χ3v) is 4.14. The molecule has 2 aromatic heterocycles. The average Bonchev–Trinajstić information content (AvgIpc) is 2.88. The number of rotatable bonds is 3. The summed E-state index contributed by atoms with van der Waals surface area (Å²) in [6.07, 6.45) is 1.83. The van der Waals surface area contributed by atoms with Gasteiger partial charge in [0.25, 0.3) is 0 Å². The van der Waals surface area contributed by atoms with Crippen LogP contribution in [0.4, 0.5) is 0 Å². The summed E-state index contributed by atoms with van der Waals surface area (Å²) in [7, 11) is 2.03. The third kappa shape index (κ3) is 2.42. The molecule has 0 fully saturated rings. The standard InChI is InChI=1S/C19H17N3O/c1-13-21-18-11-20-17-9-8-15(10-16(17)19(18)22(13)2)23-12-14-6-4-3-5-7-14/h3-11H,12H2,1-2H3. The van der Waals surface area contributed by atoms with E-state index in [2.05, 4.69) is 32.7 Å². The minimum absolute atomic E-state index is 0.556. The van der Waals surface area contributed by atoms with Crippen molar-refractivity contribution < 1.29 is 4.74 Å². The first-order valence-corrected chi connectivity index (χ1v) is 7.61. The van der Waals surface area contributed by atoms with Crippen LogP contribution in [0.25, 0.3) is 21.9 Å². The van der Waals surface area contributed by atoms with E-state index >= 15 is 0 Å². The lowest BCUT2D eigenvalue weighted by molar-refractivity contribution is 0.306. The van der Waals surface area contributed by atoms with Crippen molar-refractivity contribution in [2.45, 2.75) is 13.5 Å². The lowest BCUT2D eigenvalue weighted by Crippen LogP contribution is -1.96. The first-order chi connectivity index (χ1) is 11.2. The molecule has 0 saturated carbocycles. The highest BCUT2D eigenvalue weighted by Gasteiger charge is 2.10. The number of pyridine rings is 1. The number of imidazole rings is 1. The van der Waals surface area contributed by atoms with E-state index in [4.69, 9.17) is 4.74 Å². The summed E-state index contributed by atoms with van der Waals surface area (Å²) >= 11 is 0. The highest BCUT2D eigenvalue weighted by molar-refractivity contribution is 6.02. The smallest absolute Gasteiger partial charge is 0.120 e. The van der Waals surface area contributed by atoms with Crippen molar-refractivity contribution in [3.05, 3.63) is 66.1 Å². The molecular formula is C19H17N3O. The summed E-state index contributed by atoms with van der Waals surface area (Å²) in [6, 6.07) is 16.2. The maximum absolute atomic E-state index is 5.94. The minimum Gasteiger partial charge on any atom is -0.489 e. The van der Waals surface area contributed by atoms with Crippen LogP contribution in [0.5, 0.6) is 5.75 Å². The number of benzene rings is 2. The lowest BCUT2D eigenvalue weighted by atomic mass is 10.2. The first kappa shape index (κ1) is 13.8. The molecule has 0 aliphatic heterocycles. The number of nitrogens with zero attached hydrogens (tertiary/aromatic N) is 3. The Morgan fingerprint density at radius 2 is 1.87 bits per heavy atom. The van der Waals surface area contributed by atoms with Gasteiger partial charge < -0.3 is 9.30 Å². The molecule has 4 aromatic rings. The largest absolute Gasteiger partial charge is 0.489 e. The minimum atomic E-state index is 0.556. The highest BCUT2D eigenvalue weighted by atomic mass is 16.5. The van der Waals surface area contributed by atoms with Crippen molar-refractivity contribution in [3.8, 4) is 5.75 Å². The summed E-state index contributed by atoms with van der Waals surface area (Å²) in [5.74, 6) is 1.82. The van der Waals surface area contributed by atoms with Gasteiger partial charge in [0, 0.05) is 12.4 Å². The SMILES string of the molecule is Cc1nc2cnc3ccc(OCc4ccccc4)cc3c2n1C. The van der Waals surface area contributed by atoms with Gasteiger partial charge in [-0.2, -0.15) is 0 Å². The average molecular weight is 303 g/mol. The van der Waals surface area contributed by atoms with Gasteiger partial charge in [-0.1, -0.05) is 30.3 Å². The molecule has 0 aliphatic carbocycles. The molecular weight excluding hydrogens is 286 g/mol. The van der Waals surface area contributed by atoms with E-state index in [1.165, 1.54) is 0 Å². The molecule has 2 heterocycles. The molecule has 0 radical (unpaired) electrons. The van der Waals surface area contributed by atoms with Crippen LogP contribution in [-0.2, 0) is 13.7 Å². The summed E-state index contributed by atoms with van der Waals surface area (Å²) in [6.45, 7) is 2.56. The molecule has 4 heteroatoms. The number of aryl methyl sites for hydroxylation is 2. The van der Waals surface area contributed by atoms with Gasteiger partial charge in [0.2, 0.25) is 0 Å². The van der Waals surface area contributed by atoms with Crippen LogP contribution in [0.15, 0.2) is 54.7 Å². The maximum Gasteiger partial charge on any atom is 0.120 e. The maximum atomic E-state index is 5.94. The molecule has 2 aromatic carbocycles. The van der Waals surface area contributed by atoms with Crippen LogP contribution >= 0.6 is 0 Å². The zero-order valence-corrected chi connectivity index (χ0v) is 13.2. The molecule has 0 amide bonds. The van der Waals surface area contributed by atoms with Crippen molar-refractivity contribution in [2.24, 2.45) is 7.05 Å². The second-order valence-corrected chi connectivity index (χ2v) is 5.66. The fourth-order valence-corrected chi connectivity index (χ4v) is 2.82. The zero-order valence-electron chi connectivity index (χ0n) is 13.2. The molecule has 0 aliphatic rings. The second kappa shape index (κ2) is 5.39. The lowest BCUT2D eigenvalue weighted by Gasteiger charge is -2.08. The van der Waals surface area contributed by atoms with Gasteiger partial charge in [0.05, 0.1) is 17.2 Å². The van der Waals surface area contributed by atoms with E-state index in [0.717, 1.165) is 39.1 Å². The van der Waals surface area contributed by atoms with E-state index in [1.54, 1.807) is 0 Å². The van der Waals surface area contributed by atoms with Crippen LogP contribution in [0.3, 0.4) is 0 Å². The Balaban J connectivity index is 1.75. The quantitative estimate of drug-likeness (QED) is 0.574. The molecule has 0 atom stereocenters. The van der Waals surface area contributed by atoms with Crippen LogP contribution in [0.1, 0.15) is 11.4 Å². The van der Waals surface area contributed by atoms with Crippen LogP contribution < -0.4 is 4.74 Å². The Morgan fingerprint density at radius 1 is 1.04 bits per heavy atom. The monoisotopic (exact) mass is 303 g/mol. The van der Waals surface area contributed by atoms with Crippen molar-refractivity contribution in [1.82, 2.24) is 14.5 Å². The molecule has 4 nitrogen and oxygen atoms in total. The van der Waals surface area contributed by atoms with Gasteiger partial charge in [-0.05, 0) is 30.7 Å². The molecule has 23 heavy (non-hydrogen) atoms. The molecule has 114 valence electrons. The number of aromatic nitrogens is 3. The first-order valence-electron chi connectivity index (χ1n) is 7.61. The number of fused-ring (bicyclic) bond motifs is 3. The summed E-state index contributed by atoms with van der Waals surface area (Å²) < 4.78 is 8.04. The third-order valence-electron chi connectivity index (χ3n) is 4.14. The van der Waals surface area contributed by atoms with Gasteiger partial charge in [0.1, 0.15) is 23.7 Å². The number of hydrogen-bond acceptors (Lipinski definition) is 3. The van der Waals surface area contributed by atoms with Gasteiger partial charge in [-0.3, -0.25) is 4.98 Å². The summed E-state index contributed by atoms with van der Waals surface area (Å²) in [5.41, 5.74) is 4.11. The normalized spacial score (nSPS) is 11.2. The van der Waals surface area contributed by atoms with E-state index in [0.29, 0.717) is 6.61 Å². The molecule has 0 bridgehead atoms. The van der Waals surface area contributed by atoms with Crippen LogP contribution in [0.2, 0.25) is 0 Å². The Hall–Kier alpha value is -2.88. The Bertz CT molecular complexity index is 990. The van der Waals surface area contributed by atoms with Crippen molar-refractivity contribution >= 4 is 21.9 Å². The summed E-state index contributed by atoms with van der Waals surface area (Å²) in [5, 5.41) is 1.07. The van der Waals surface area contributed by atoms with Crippen LogP contribution in [-0.4, -0.2) is 14.5 Å². The van der Waals surface area contributed by atoms with Gasteiger partial charge >= 0.3 is 0 Å². The van der Waals surface area contributed by atoms with E-state index in [-0.39, 0.29) is 0 Å². The summed E-state index contributed by atoms with van der Waals surface area (Å²) in [4.78, 5) is 9.04. The molecule has 0 N–H and O–H groups in total. The topological polar surface area (TPSA) is 39.9 Å². The van der Waals surface area contributed by atoms with Gasteiger partial charge in [-0.25, -0.2) is 4.98 Å². The predicted molar refractivity (Wildman–Crippen MR) is 91.5 cm³/mol. The molecule has 0 saturated heterocycles. The van der Waals surface area contributed by atoms with Crippen molar-refractivity contribution in [1.29, 1.82) is 0 Å². The van der Waals surface area contributed by atoms with Gasteiger partial charge in [-0.15, -0.1) is 0 Å². The predicted octanol–water partition coefficient (Wildman–Crippen LogP) is 4.01. The Labute approximate surface area is 134 Å². The Morgan fingerprint density at radius 3 is 2.70 bits per heavy atom. The number of hydrogen-bond donors (Lipinski definition) is 0. The van der Waals surface area contributed by atoms with Crippen molar-refractivity contribution in [3.63, 3.8) is 0 Å².